The first kappa shape index (κ1) is 14.4. The number of hydrogen-bond donors (Lipinski definition) is 1. The topological polar surface area (TPSA) is 26.7 Å². The molecule has 1 N–H and O–H groups in total. The van der Waals surface area contributed by atoms with Crippen LogP contribution in [-0.4, -0.2) is 48.6 Å². The molecular formula is C16H26N2O. The molecule has 0 aromatic heterocycles. The molecule has 1 aliphatic rings. The lowest BCUT2D eigenvalue weighted by atomic mass is 10.00. The van der Waals surface area contributed by atoms with Crippen LogP contribution in [0.25, 0.3) is 0 Å². The summed E-state index contributed by atoms with van der Waals surface area (Å²) >= 11 is 0. The lowest BCUT2D eigenvalue weighted by Crippen LogP contribution is -2.31. The highest BCUT2D eigenvalue weighted by molar-refractivity contribution is 5.34. The number of benzene rings is 1. The average Bonchev–Trinajstić information content (AvgIpc) is 2.78. The Morgan fingerprint density at radius 3 is 2.74 bits per heavy atom. The van der Waals surface area contributed by atoms with Gasteiger partial charge in [0.2, 0.25) is 0 Å². The maximum atomic E-state index is 10.0. The van der Waals surface area contributed by atoms with E-state index in [1.165, 1.54) is 19.5 Å². The third kappa shape index (κ3) is 3.48. The van der Waals surface area contributed by atoms with Crippen LogP contribution in [0.2, 0.25) is 0 Å². The molecule has 2 atom stereocenters. The van der Waals surface area contributed by atoms with Gasteiger partial charge in [-0.3, -0.25) is 4.90 Å². The van der Waals surface area contributed by atoms with Gasteiger partial charge in [-0.1, -0.05) is 25.1 Å². The van der Waals surface area contributed by atoms with Crippen LogP contribution in [0.4, 0.5) is 0 Å². The molecule has 3 nitrogen and oxygen atoms in total. The van der Waals surface area contributed by atoms with Crippen molar-refractivity contribution in [3.05, 3.63) is 29.8 Å². The summed E-state index contributed by atoms with van der Waals surface area (Å²) in [5.74, 6) is 1.18. The molecule has 0 radical (unpaired) electrons. The molecule has 0 saturated carbocycles. The van der Waals surface area contributed by atoms with Crippen molar-refractivity contribution >= 4 is 0 Å². The molecule has 0 aliphatic carbocycles. The molecule has 1 saturated heterocycles. The normalized spacial score (nSPS) is 22.0. The molecule has 19 heavy (non-hydrogen) atoms. The van der Waals surface area contributed by atoms with Crippen molar-refractivity contribution in [3.8, 4) is 5.75 Å². The van der Waals surface area contributed by atoms with Crippen LogP contribution in [0.15, 0.2) is 24.3 Å². The number of hydrogen-bond acceptors (Lipinski definition) is 3. The fourth-order valence-corrected chi connectivity index (χ4v) is 3.25. The molecule has 0 amide bonds. The monoisotopic (exact) mass is 262 g/mol. The summed E-state index contributed by atoms with van der Waals surface area (Å²) in [6, 6.07) is 8.04. The Labute approximate surface area is 116 Å². The second-order valence-electron chi connectivity index (χ2n) is 5.84. The van der Waals surface area contributed by atoms with E-state index in [1.807, 2.05) is 18.2 Å². The van der Waals surface area contributed by atoms with Gasteiger partial charge in [0.1, 0.15) is 5.75 Å². The number of phenolic OH excluding ortho intramolecular Hbond substituents is 1. The molecule has 0 spiro atoms. The number of likely N-dealkylation sites (tertiary alicyclic amines) is 1. The highest BCUT2D eigenvalue weighted by Gasteiger charge is 2.24. The van der Waals surface area contributed by atoms with Crippen LogP contribution in [-0.2, 0) is 0 Å². The fraction of sp³-hybridized carbons (Fsp3) is 0.625. The van der Waals surface area contributed by atoms with E-state index in [0.29, 0.717) is 11.8 Å². The predicted molar refractivity (Wildman–Crippen MR) is 79.4 cm³/mol. The molecule has 0 bridgehead atoms. The maximum Gasteiger partial charge on any atom is 0.120 e. The smallest absolute Gasteiger partial charge is 0.120 e. The van der Waals surface area contributed by atoms with Crippen molar-refractivity contribution in [3.63, 3.8) is 0 Å². The highest BCUT2D eigenvalue weighted by Crippen LogP contribution is 2.31. The van der Waals surface area contributed by atoms with Gasteiger partial charge >= 0.3 is 0 Å². The molecule has 1 aliphatic heterocycles. The summed E-state index contributed by atoms with van der Waals surface area (Å²) in [7, 11) is 4.37. The van der Waals surface area contributed by atoms with Crippen molar-refractivity contribution in [1.29, 1.82) is 0 Å². The van der Waals surface area contributed by atoms with E-state index < -0.39 is 0 Å². The Balaban J connectivity index is 2.03. The minimum atomic E-state index is 0.312. The second kappa shape index (κ2) is 6.40. The van der Waals surface area contributed by atoms with Gasteiger partial charge in [0, 0.05) is 24.7 Å². The molecule has 2 unspecified atom stereocenters. The summed E-state index contributed by atoms with van der Waals surface area (Å²) < 4.78 is 0. The summed E-state index contributed by atoms with van der Waals surface area (Å²) in [6.45, 7) is 5.71. The van der Waals surface area contributed by atoms with Gasteiger partial charge < -0.3 is 10.0 Å². The summed E-state index contributed by atoms with van der Waals surface area (Å²) in [5, 5.41) is 10.0. The van der Waals surface area contributed by atoms with Crippen LogP contribution < -0.4 is 0 Å². The Morgan fingerprint density at radius 2 is 2.16 bits per heavy atom. The minimum Gasteiger partial charge on any atom is -0.508 e. The van der Waals surface area contributed by atoms with Crippen molar-refractivity contribution < 1.29 is 5.11 Å². The van der Waals surface area contributed by atoms with Gasteiger partial charge in [-0.2, -0.15) is 0 Å². The molecule has 1 aromatic rings. The van der Waals surface area contributed by atoms with E-state index in [-0.39, 0.29) is 0 Å². The van der Waals surface area contributed by atoms with Crippen LogP contribution in [0, 0.1) is 5.92 Å². The van der Waals surface area contributed by atoms with Crippen molar-refractivity contribution in [1.82, 2.24) is 9.80 Å². The van der Waals surface area contributed by atoms with E-state index >= 15 is 0 Å². The van der Waals surface area contributed by atoms with E-state index in [2.05, 4.69) is 30.8 Å². The summed E-state index contributed by atoms with van der Waals surface area (Å²) in [6.07, 6.45) is 2.31. The van der Waals surface area contributed by atoms with Gasteiger partial charge in [0.05, 0.1) is 0 Å². The van der Waals surface area contributed by atoms with E-state index in [9.17, 15) is 5.11 Å². The molecule has 1 aromatic carbocycles. The zero-order valence-corrected chi connectivity index (χ0v) is 12.3. The third-order valence-corrected chi connectivity index (χ3v) is 4.25. The first-order valence-electron chi connectivity index (χ1n) is 7.28. The first-order chi connectivity index (χ1) is 9.11. The zero-order valence-electron chi connectivity index (χ0n) is 12.3. The number of nitrogens with zero attached hydrogens (tertiary/aromatic N) is 2. The standard InChI is InChI=1S/C16H26N2O/c1-4-15(14-7-5-6-8-16(14)19)18(3)12-13-9-10-17(2)11-13/h5-8,13,15,19H,4,9-12H2,1-3H3. The molecular weight excluding hydrogens is 236 g/mol. The largest absolute Gasteiger partial charge is 0.508 e. The quantitative estimate of drug-likeness (QED) is 0.884. The fourth-order valence-electron chi connectivity index (χ4n) is 3.25. The van der Waals surface area contributed by atoms with Gasteiger partial charge in [0.15, 0.2) is 0 Å². The van der Waals surface area contributed by atoms with E-state index in [1.54, 1.807) is 6.07 Å². The van der Waals surface area contributed by atoms with Crippen LogP contribution in [0.5, 0.6) is 5.75 Å². The number of rotatable bonds is 5. The van der Waals surface area contributed by atoms with Crippen molar-refractivity contribution in [2.24, 2.45) is 5.92 Å². The van der Waals surface area contributed by atoms with Gasteiger partial charge in [-0.05, 0) is 45.5 Å². The molecule has 3 heteroatoms. The van der Waals surface area contributed by atoms with Crippen molar-refractivity contribution in [2.75, 3.05) is 33.7 Å². The number of para-hydroxylation sites is 1. The molecule has 2 rings (SSSR count). The van der Waals surface area contributed by atoms with Crippen LogP contribution >= 0.6 is 0 Å². The Bertz CT molecular complexity index is 407. The SMILES string of the molecule is CCC(c1ccccc1O)N(C)CC1CCN(C)C1. The predicted octanol–water partition coefficient (Wildman–Crippen LogP) is 2.73. The average molecular weight is 262 g/mol. The van der Waals surface area contributed by atoms with Crippen LogP contribution in [0.1, 0.15) is 31.4 Å². The van der Waals surface area contributed by atoms with Crippen molar-refractivity contribution in [2.45, 2.75) is 25.8 Å². The highest BCUT2D eigenvalue weighted by atomic mass is 16.3. The molecule has 106 valence electrons. The van der Waals surface area contributed by atoms with E-state index in [4.69, 9.17) is 0 Å². The minimum absolute atomic E-state index is 0.312. The van der Waals surface area contributed by atoms with Gasteiger partial charge in [-0.15, -0.1) is 0 Å². The van der Waals surface area contributed by atoms with Gasteiger partial charge in [0.25, 0.3) is 0 Å². The zero-order chi connectivity index (χ0) is 13.8. The lowest BCUT2D eigenvalue weighted by molar-refractivity contribution is 0.199. The second-order valence-corrected chi connectivity index (χ2v) is 5.84. The maximum absolute atomic E-state index is 10.0. The Hall–Kier alpha value is -1.06. The molecule has 1 heterocycles. The van der Waals surface area contributed by atoms with Gasteiger partial charge in [-0.25, -0.2) is 0 Å². The first-order valence-corrected chi connectivity index (χ1v) is 7.28. The number of aromatic hydroxyl groups is 1. The lowest BCUT2D eigenvalue weighted by Gasteiger charge is -2.30. The van der Waals surface area contributed by atoms with Crippen LogP contribution in [0.3, 0.4) is 0 Å². The summed E-state index contributed by atoms with van der Waals surface area (Å²) in [4.78, 5) is 4.80. The molecule has 1 fully saturated rings. The third-order valence-electron chi connectivity index (χ3n) is 4.25. The Morgan fingerprint density at radius 1 is 1.42 bits per heavy atom. The van der Waals surface area contributed by atoms with E-state index in [0.717, 1.165) is 24.4 Å². The summed E-state index contributed by atoms with van der Waals surface area (Å²) in [5.41, 5.74) is 1.05. The number of phenols is 1. The Kier molecular flexibility index (Phi) is 4.83.